The van der Waals surface area contributed by atoms with Gasteiger partial charge in [0.1, 0.15) is 0 Å². The molecule has 0 aliphatic rings. The van der Waals surface area contributed by atoms with Gasteiger partial charge in [0.2, 0.25) is 0 Å². The van der Waals surface area contributed by atoms with Crippen LogP contribution in [0.4, 0.5) is 10.2 Å². The summed E-state index contributed by atoms with van der Waals surface area (Å²) in [6.07, 6.45) is 1.01. The first kappa shape index (κ1) is 10.1. The predicted octanol–water partition coefficient (Wildman–Crippen LogP) is 1.74. The van der Waals surface area contributed by atoms with Crippen molar-refractivity contribution in [2.24, 2.45) is 0 Å². The Hall–Kier alpha value is -2.48. The first-order chi connectivity index (χ1) is 7.70. The first-order valence-corrected chi connectivity index (χ1v) is 4.49. The van der Waals surface area contributed by atoms with Crippen LogP contribution in [-0.4, -0.2) is 9.97 Å². The maximum Gasteiger partial charge on any atom is 0.183 e. The second-order valence-corrected chi connectivity index (χ2v) is 3.12. The topological polar surface area (TPSA) is 75.6 Å². The van der Waals surface area contributed by atoms with E-state index in [1.807, 2.05) is 6.07 Å². The summed E-state index contributed by atoms with van der Waals surface area (Å²) < 4.78 is 12.9. The van der Waals surface area contributed by atoms with Gasteiger partial charge in [-0.05, 0) is 12.1 Å². The Morgan fingerprint density at radius 2 is 2.19 bits per heavy atom. The summed E-state index contributed by atoms with van der Waals surface area (Å²) in [6, 6.07) is 8.72. The van der Waals surface area contributed by atoms with Crippen LogP contribution in [0.1, 0.15) is 5.56 Å². The van der Waals surface area contributed by atoms with E-state index in [9.17, 15) is 4.39 Å². The molecule has 1 aromatic carbocycles. The van der Waals surface area contributed by atoms with Crippen LogP contribution in [0.25, 0.3) is 11.4 Å². The molecule has 1 heterocycles. The molecule has 4 nitrogen and oxygen atoms in total. The molecule has 0 spiro atoms. The van der Waals surface area contributed by atoms with Gasteiger partial charge in [0, 0.05) is 5.56 Å². The maximum atomic E-state index is 12.9. The summed E-state index contributed by atoms with van der Waals surface area (Å²) >= 11 is 0. The number of halogens is 1. The summed E-state index contributed by atoms with van der Waals surface area (Å²) in [7, 11) is 0. The molecule has 0 fully saturated rings. The third kappa shape index (κ3) is 1.81. The molecule has 0 radical (unpaired) electrons. The lowest BCUT2D eigenvalue weighted by Crippen LogP contribution is -1.99. The molecule has 2 rings (SSSR count). The third-order valence-corrected chi connectivity index (χ3v) is 2.02. The minimum atomic E-state index is -0.653. The fraction of sp³-hybridized carbons (Fsp3) is 0. The summed E-state index contributed by atoms with van der Waals surface area (Å²) in [5.74, 6) is -0.552. The number of aromatic nitrogens is 2. The summed E-state index contributed by atoms with van der Waals surface area (Å²) in [5, 5.41) is 8.73. The van der Waals surface area contributed by atoms with E-state index in [0.717, 1.165) is 6.20 Å². The van der Waals surface area contributed by atoms with Crippen molar-refractivity contribution >= 4 is 5.82 Å². The lowest BCUT2D eigenvalue weighted by molar-refractivity contribution is 0.620. The minimum Gasteiger partial charge on any atom is -0.381 e. The highest BCUT2D eigenvalue weighted by Crippen LogP contribution is 2.17. The van der Waals surface area contributed by atoms with Gasteiger partial charge in [-0.15, -0.1) is 0 Å². The van der Waals surface area contributed by atoms with Crippen LogP contribution in [0.2, 0.25) is 0 Å². The van der Waals surface area contributed by atoms with Crippen molar-refractivity contribution in [2.75, 3.05) is 5.73 Å². The minimum absolute atomic E-state index is 0.202. The normalized spacial score (nSPS) is 9.75. The molecule has 0 amide bonds. The number of hydrogen-bond donors (Lipinski definition) is 1. The van der Waals surface area contributed by atoms with E-state index in [2.05, 4.69) is 9.97 Å². The van der Waals surface area contributed by atoms with E-state index in [-0.39, 0.29) is 5.82 Å². The van der Waals surface area contributed by atoms with Gasteiger partial charge in [-0.3, -0.25) is 0 Å². The number of nitrogens with zero attached hydrogens (tertiary/aromatic N) is 3. The van der Waals surface area contributed by atoms with E-state index >= 15 is 0 Å². The van der Waals surface area contributed by atoms with Crippen molar-refractivity contribution in [3.63, 3.8) is 0 Å². The second kappa shape index (κ2) is 3.95. The van der Waals surface area contributed by atoms with Gasteiger partial charge in [0.25, 0.3) is 0 Å². The lowest BCUT2D eigenvalue weighted by atomic mass is 10.1. The van der Waals surface area contributed by atoms with Crippen molar-refractivity contribution in [3.05, 3.63) is 41.8 Å². The molecule has 0 unspecified atom stereocenters. The molecule has 5 heteroatoms. The number of benzene rings is 1. The molecule has 0 aliphatic carbocycles. The highest BCUT2D eigenvalue weighted by atomic mass is 19.1. The number of nitrogen functional groups attached to an aromatic ring is 1. The van der Waals surface area contributed by atoms with Gasteiger partial charge >= 0.3 is 0 Å². The van der Waals surface area contributed by atoms with Crippen molar-refractivity contribution < 1.29 is 4.39 Å². The molecular formula is C11H7FN4. The average Bonchev–Trinajstić information content (AvgIpc) is 2.33. The average molecular weight is 214 g/mol. The Balaban J connectivity index is 2.51. The third-order valence-electron chi connectivity index (χ3n) is 2.02. The number of anilines is 1. The summed E-state index contributed by atoms with van der Waals surface area (Å²) in [4.78, 5) is 7.61. The molecule has 0 saturated heterocycles. The van der Waals surface area contributed by atoms with Crippen LogP contribution in [0.5, 0.6) is 0 Å². The van der Waals surface area contributed by atoms with Crippen molar-refractivity contribution in [1.82, 2.24) is 9.97 Å². The van der Waals surface area contributed by atoms with Crippen molar-refractivity contribution in [2.45, 2.75) is 0 Å². The standard InChI is InChI=1S/C11H7FN4/c12-9-6-15-11(16-10(9)14)8-3-1-2-7(4-8)5-13/h1-4,6H,(H2,14,15,16). The van der Waals surface area contributed by atoms with Crippen molar-refractivity contribution in [1.29, 1.82) is 5.26 Å². The fourth-order valence-corrected chi connectivity index (χ4v) is 1.25. The Bertz CT molecular complexity index is 574. The van der Waals surface area contributed by atoms with Crippen LogP contribution < -0.4 is 5.73 Å². The monoisotopic (exact) mass is 214 g/mol. The van der Waals surface area contributed by atoms with Crippen LogP contribution in [-0.2, 0) is 0 Å². The van der Waals surface area contributed by atoms with Gasteiger partial charge in [0.15, 0.2) is 17.5 Å². The van der Waals surface area contributed by atoms with Crippen LogP contribution >= 0.6 is 0 Å². The Labute approximate surface area is 91.2 Å². The van der Waals surface area contributed by atoms with Crippen LogP contribution in [0, 0.1) is 17.1 Å². The van der Waals surface area contributed by atoms with Gasteiger partial charge < -0.3 is 5.73 Å². The van der Waals surface area contributed by atoms with Crippen LogP contribution in [0.3, 0.4) is 0 Å². The zero-order chi connectivity index (χ0) is 11.5. The van der Waals surface area contributed by atoms with E-state index in [1.54, 1.807) is 24.3 Å². The number of nitrogens with two attached hydrogens (primary N) is 1. The van der Waals surface area contributed by atoms with Gasteiger partial charge in [-0.2, -0.15) is 5.26 Å². The van der Waals surface area contributed by atoms with E-state index in [1.165, 1.54) is 0 Å². The van der Waals surface area contributed by atoms with E-state index in [4.69, 9.17) is 11.0 Å². The molecule has 2 aromatic rings. The van der Waals surface area contributed by atoms with E-state index in [0.29, 0.717) is 17.0 Å². The van der Waals surface area contributed by atoms with E-state index < -0.39 is 5.82 Å². The van der Waals surface area contributed by atoms with Crippen molar-refractivity contribution in [3.8, 4) is 17.5 Å². The molecule has 0 bridgehead atoms. The number of nitriles is 1. The van der Waals surface area contributed by atoms with Gasteiger partial charge in [0.05, 0.1) is 17.8 Å². The molecule has 2 N–H and O–H groups in total. The molecule has 0 aliphatic heterocycles. The Kier molecular flexibility index (Phi) is 2.48. The van der Waals surface area contributed by atoms with Crippen LogP contribution in [0.15, 0.2) is 30.5 Å². The predicted molar refractivity (Wildman–Crippen MR) is 56.6 cm³/mol. The van der Waals surface area contributed by atoms with Gasteiger partial charge in [-0.1, -0.05) is 12.1 Å². The SMILES string of the molecule is N#Cc1cccc(-c2ncc(F)c(N)n2)c1. The highest BCUT2D eigenvalue weighted by molar-refractivity contribution is 5.58. The summed E-state index contributed by atoms with van der Waals surface area (Å²) in [5.41, 5.74) is 6.46. The molecule has 0 atom stereocenters. The number of hydrogen-bond acceptors (Lipinski definition) is 4. The summed E-state index contributed by atoms with van der Waals surface area (Å²) in [6.45, 7) is 0. The lowest BCUT2D eigenvalue weighted by Gasteiger charge is -2.01. The molecule has 0 saturated carbocycles. The van der Waals surface area contributed by atoms with Gasteiger partial charge in [-0.25, -0.2) is 14.4 Å². The zero-order valence-corrected chi connectivity index (χ0v) is 8.18. The molecule has 78 valence electrons. The first-order valence-electron chi connectivity index (χ1n) is 4.49. The quantitative estimate of drug-likeness (QED) is 0.784. The second-order valence-electron chi connectivity index (χ2n) is 3.12. The molecular weight excluding hydrogens is 207 g/mol. The molecule has 16 heavy (non-hydrogen) atoms. The number of rotatable bonds is 1. The fourth-order valence-electron chi connectivity index (χ4n) is 1.25. The highest BCUT2D eigenvalue weighted by Gasteiger charge is 2.05. The molecule has 1 aromatic heterocycles. The Morgan fingerprint density at radius 1 is 1.38 bits per heavy atom. The zero-order valence-electron chi connectivity index (χ0n) is 8.18. The largest absolute Gasteiger partial charge is 0.381 e. The smallest absolute Gasteiger partial charge is 0.183 e. The Morgan fingerprint density at radius 3 is 2.88 bits per heavy atom. The maximum absolute atomic E-state index is 12.9.